The zero-order valence-electron chi connectivity index (χ0n) is 11.1. The summed E-state index contributed by atoms with van der Waals surface area (Å²) in [6.45, 7) is 3.75. The van der Waals surface area contributed by atoms with E-state index in [2.05, 4.69) is 0 Å². The van der Waals surface area contributed by atoms with Gasteiger partial charge in [0.15, 0.2) is 11.5 Å². The Morgan fingerprint density at radius 1 is 1.28 bits per heavy atom. The highest BCUT2D eigenvalue weighted by Gasteiger charge is 2.19. The number of hydrogen-bond donors (Lipinski definition) is 0. The Morgan fingerprint density at radius 3 is 2.56 bits per heavy atom. The first-order chi connectivity index (χ1) is 8.63. The van der Waals surface area contributed by atoms with Crippen LogP contribution in [0.1, 0.15) is 30.6 Å². The lowest BCUT2D eigenvalue weighted by Crippen LogP contribution is -2.13. The summed E-state index contributed by atoms with van der Waals surface area (Å²) in [6, 6.07) is 4.97. The zero-order valence-corrected chi connectivity index (χ0v) is 11.1. The highest BCUT2D eigenvalue weighted by atomic mass is 17.2. The summed E-state index contributed by atoms with van der Waals surface area (Å²) < 4.78 is 10.2. The standard InChI is InChI=1S/C13H18O5/c1-5-9(2)17-18-13(14)10-7-6-8-11(15-3)12(10)16-4/h6-9H,5H2,1-4H3. The second-order valence-corrected chi connectivity index (χ2v) is 3.73. The maximum absolute atomic E-state index is 11.8. The fourth-order valence-electron chi connectivity index (χ4n) is 1.29. The average molecular weight is 254 g/mol. The van der Waals surface area contributed by atoms with Crippen LogP contribution in [0.25, 0.3) is 0 Å². The molecule has 0 aliphatic rings. The minimum atomic E-state index is -0.606. The van der Waals surface area contributed by atoms with Crippen molar-refractivity contribution >= 4 is 5.97 Å². The van der Waals surface area contributed by atoms with Crippen molar-refractivity contribution < 1.29 is 24.0 Å². The van der Waals surface area contributed by atoms with E-state index >= 15 is 0 Å². The van der Waals surface area contributed by atoms with Crippen LogP contribution >= 0.6 is 0 Å². The Balaban J connectivity index is 2.85. The number of hydrogen-bond acceptors (Lipinski definition) is 5. The number of carbonyl (C=O) groups excluding carboxylic acids is 1. The molecule has 1 atom stereocenters. The van der Waals surface area contributed by atoms with Crippen LogP contribution < -0.4 is 9.47 Å². The molecule has 0 bridgehead atoms. The molecule has 0 saturated heterocycles. The first-order valence-electron chi connectivity index (χ1n) is 5.72. The quantitative estimate of drug-likeness (QED) is 0.577. The first kappa shape index (κ1) is 14.3. The number of carbonyl (C=O) groups is 1. The highest BCUT2D eigenvalue weighted by molar-refractivity contribution is 5.93. The molecule has 0 amide bonds. The van der Waals surface area contributed by atoms with E-state index in [9.17, 15) is 4.79 Å². The van der Waals surface area contributed by atoms with Gasteiger partial charge < -0.3 is 9.47 Å². The molecule has 18 heavy (non-hydrogen) atoms. The van der Waals surface area contributed by atoms with Crippen molar-refractivity contribution in [3.63, 3.8) is 0 Å². The SMILES string of the molecule is CCC(C)OOC(=O)c1cccc(OC)c1OC. The van der Waals surface area contributed by atoms with Gasteiger partial charge in [-0.25, -0.2) is 4.79 Å². The maximum Gasteiger partial charge on any atom is 0.376 e. The van der Waals surface area contributed by atoms with Crippen LogP contribution in [0.3, 0.4) is 0 Å². The van der Waals surface area contributed by atoms with Crippen molar-refractivity contribution in [1.82, 2.24) is 0 Å². The summed E-state index contributed by atoms with van der Waals surface area (Å²) in [7, 11) is 2.97. The highest BCUT2D eigenvalue weighted by Crippen LogP contribution is 2.31. The number of ether oxygens (including phenoxy) is 2. The van der Waals surface area contributed by atoms with Gasteiger partial charge in [0, 0.05) is 0 Å². The molecule has 100 valence electrons. The van der Waals surface area contributed by atoms with Crippen molar-refractivity contribution in [2.45, 2.75) is 26.4 Å². The van der Waals surface area contributed by atoms with E-state index in [1.807, 2.05) is 13.8 Å². The van der Waals surface area contributed by atoms with Crippen LogP contribution in [0.5, 0.6) is 11.5 Å². The minimum absolute atomic E-state index is 0.148. The van der Waals surface area contributed by atoms with Crippen molar-refractivity contribution in [3.05, 3.63) is 23.8 Å². The molecule has 1 aromatic rings. The largest absolute Gasteiger partial charge is 0.493 e. The molecule has 1 aromatic carbocycles. The van der Waals surface area contributed by atoms with E-state index in [0.717, 1.165) is 6.42 Å². The monoisotopic (exact) mass is 254 g/mol. The lowest BCUT2D eigenvalue weighted by molar-refractivity contribution is -0.270. The van der Waals surface area contributed by atoms with Crippen molar-refractivity contribution in [1.29, 1.82) is 0 Å². The van der Waals surface area contributed by atoms with Crippen LogP contribution in [0.2, 0.25) is 0 Å². The molecule has 5 nitrogen and oxygen atoms in total. The molecule has 1 rings (SSSR count). The third-order valence-corrected chi connectivity index (χ3v) is 2.49. The van der Waals surface area contributed by atoms with Crippen molar-refractivity contribution in [2.75, 3.05) is 14.2 Å². The topological polar surface area (TPSA) is 54.0 Å². The van der Waals surface area contributed by atoms with Gasteiger partial charge >= 0.3 is 5.97 Å². The Hall–Kier alpha value is -1.75. The summed E-state index contributed by atoms with van der Waals surface area (Å²) in [5, 5.41) is 0. The Morgan fingerprint density at radius 2 is 2.00 bits per heavy atom. The van der Waals surface area contributed by atoms with E-state index in [1.165, 1.54) is 14.2 Å². The van der Waals surface area contributed by atoms with E-state index in [0.29, 0.717) is 11.5 Å². The van der Waals surface area contributed by atoms with Crippen LogP contribution in [-0.2, 0) is 9.78 Å². The van der Waals surface area contributed by atoms with E-state index < -0.39 is 5.97 Å². The molecular weight excluding hydrogens is 236 g/mol. The van der Waals surface area contributed by atoms with Gasteiger partial charge in [-0.15, -0.1) is 0 Å². The normalized spacial score (nSPS) is 11.8. The fourth-order valence-corrected chi connectivity index (χ4v) is 1.29. The first-order valence-corrected chi connectivity index (χ1v) is 5.72. The summed E-state index contributed by atoms with van der Waals surface area (Å²) in [6.07, 6.45) is 0.605. The zero-order chi connectivity index (χ0) is 13.5. The predicted octanol–water partition coefficient (Wildman–Crippen LogP) is 2.59. The van der Waals surface area contributed by atoms with Crippen LogP contribution in [-0.4, -0.2) is 26.3 Å². The Labute approximate surface area is 107 Å². The second-order valence-electron chi connectivity index (χ2n) is 3.73. The summed E-state index contributed by atoms with van der Waals surface area (Å²) in [4.78, 5) is 21.5. The molecule has 1 unspecified atom stereocenters. The van der Waals surface area contributed by atoms with E-state index in [4.69, 9.17) is 19.2 Å². The van der Waals surface area contributed by atoms with Gasteiger partial charge in [0.2, 0.25) is 0 Å². The van der Waals surface area contributed by atoms with Gasteiger partial charge in [-0.1, -0.05) is 13.0 Å². The second kappa shape index (κ2) is 6.86. The molecule has 0 heterocycles. The van der Waals surface area contributed by atoms with Crippen molar-refractivity contribution in [2.24, 2.45) is 0 Å². The smallest absolute Gasteiger partial charge is 0.376 e. The molecule has 0 aliphatic heterocycles. The van der Waals surface area contributed by atoms with E-state index in [1.54, 1.807) is 18.2 Å². The van der Waals surface area contributed by atoms with Gasteiger partial charge in [-0.05, 0) is 25.5 Å². The van der Waals surface area contributed by atoms with Gasteiger partial charge in [0.1, 0.15) is 11.7 Å². The Kier molecular flexibility index (Phi) is 5.45. The molecule has 0 saturated carbocycles. The number of benzene rings is 1. The number of para-hydroxylation sites is 1. The minimum Gasteiger partial charge on any atom is -0.493 e. The summed E-state index contributed by atoms with van der Waals surface area (Å²) >= 11 is 0. The number of rotatable bonds is 6. The fraction of sp³-hybridized carbons (Fsp3) is 0.462. The third kappa shape index (κ3) is 3.37. The lowest BCUT2D eigenvalue weighted by atomic mass is 10.2. The van der Waals surface area contributed by atoms with Crippen LogP contribution in [0, 0.1) is 0 Å². The van der Waals surface area contributed by atoms with Gasteiger partial charge in [0.25, 0.3) is 0 Å². The Bertz CT molecular complexity index is 402. The number of methoxy groups -OCH3 is 2. The molecule has 5 heteroatoms. The molecule has 0 spiro atoms. The van der Waals surface area contributed by atoms with Gasteiger partial charge in [-0.3, -0.25) is 4.89 Å². The molecule has 0 aromatic heterocycles. The molecular formula is C13H18O5. The molecule has 0 radical (unpaired) electrons. The van der Waals surface area contributed by atoms with E-state index in [-0.39, 0.29) is 11.7 Å². The van der Waals surface area contributed by atoms with Crippen molar-refractivity contribution in [3.8, 4) is 11.5 Å². The predicted molar refractivity (Wildman–Crippen MR) is 65.8 cm³/mol. The van der Waals surface area contributed by atoms with Crippen LogP contribution in [0.15, 0.2) is 18.2 Å². The average Bonchev–Trinajstić information content (AvgIpc) is 2.42. The van der Waals surface area contributed by atoms with Gasteiger partial charge in [0.05, 0.1) is 14.2 Å². The van der Waals surface area contributed by atoms with Gasteiger partial charge in [-0.2, -0.15) is 4.89 Å². The van der Waals surface area contributed by atoms with Crippen LogP contribution in [0.4, 0.5) is 0 Å². The third-order valence-electron chi connectivity index (χ3n) is 2.49. The molecule has 0 N–H and O–H groups in total. The summed E-state index contributed by atoms with van der Waals surface area (Å²) in [5.74, 6) is 0.194. The summed E-state index contributed by atoms with van der Waals surface area (Å²) in [5.41, 5.74) is 0.264. The molecule has 0 aliphatic carbocycles. The maximum atomic E-state index is 11.8. The molecule has 0 fully saturated rings. The lowest BCUT2D eigenvalue weighted by Gasteiger charge is -2.12.